The van der Waals surface area contributed by atoms with Crippen LogP contribution in [0, 0.1) is 10.1 Å². The third-order valence-corrected chi connectivity index (χ3v) is 3.10. The highest BCUT2D eigenvalue weighted by Gasteiger charge is 2.28. The number of hydrogen-bond donors (Lipinski definition) is 1. The van der Waals surface area contributed by atoms with E-state index in [0.717, 1.165) is 0 Å². The molecule has 1 unspecified atom stereocenters. The van der Waals surface area contributed by atoms with Gasteiger partial charge in [-0.15, -0.1) is 0 Å². The van der Waals surface area contributed by atoms with Crippen molar-refractivity contribution in [1.29, 1.82) is 0 Å². The first-order valence-corrected chi connectivity index (χ1v) is 5.84. The van der Waals surface area contributed by atoms with Gasteiger partial charge in [-0.1, -0.05) is 0 Å². The van der Waals surface area contributed by atoms with E-state index in [2.05, 4.69) is 0 Å². The summed E-state index contributed by atoms with van der Waals surface area (Å²) >= 11 is 0. The highest BCUT2D eigenvalue weighted by atomic mass is 16.6. The molecule has 1 aliphatic heterocycles. The summed E-state index contributed by atoms with van der Waals surface area (Å²) in [5, 5.41) is 20.1. The van der Waals surface area contributed by atoms with Gasteiger partial charge in [-0.3, -0.25) is 14.9 Å². The number of carbonyl (C=O) groups is 1. The summed E-state index contributed by atoms with van der Waals surface area (Å²) < 4.78 is 1.56. The van der Waals surface area contributed by atoms with Crippen LogP contribution in [0.25, 0.3) is 0 Å². The fourth-order valence-electron chi connectivity index (χ4n) is 2.12. The van der Waals surface area contributed by atoms with Crippen molar-refractivity contribution in [3.05, 3.63) is 28.1 Å². The Morgan fingerprint density at radius 2 is 2.39 bits per heavy atom. The van der Waals surface area contributed by atoms with Gasteiger partial charge in [-0.2, -0.15) is 0 Å². The molecule has 2 heterocycles. The van der Waals surface area contributed by atoms with E-state index in [9.17, 15) is 20.0 Å². The summed E-state index contributed by atoms with van der Waals surface area (Å²) in [5.74, 6) is -0.262. The lowest BCUT2D eigenvalue weighted by atomic mass is 10.3. The zero-order valence-electron chi connectivity index (χ0n) is 10.1. The van der Waals surface area contributed by atoms with Crippen molar-refractivity contribution < 1.29 is 14.8 Å². The fraction of sp³-hybridized carbons (Fsp3) is 0.545. The van der Waals surface area contributed by atoms with Crippen LogP contribution in [-0.4, -0.2) is 44.6 Å². The van der Waals surface area contributed by atoms with Crippen LogP contribution in [0.15, 0.2) is 12.3 Å². The first kappa shape index (κ1) is 12.6. The molecule has 1 atom stereocenters. The Bertz CT molecular complexity index is 483. The van der Waals surface area contributed by atoms with Gasteiger partial charge in [0.1, 0.15) is 5.69 Å². The van der Waals surface area contributed by atoms with Crippen LogP contribution >= 0.6 is 0 Å². The standard InChI is InChI=1S/C11H15N3O4/c1-2-12-6-8(14(17)18)5-10(12)11(16)13-4-3-9(15)7-13/h5-6,9,15H,2-4,7H2,1H3. The monoisotopic (exact) mass is 253 g/mol. The lowest BCUT2D eigenvalue weighted by Gasteiger charge is -2.16. The molecule has 1 amide bonds. The number of aliphatic hydroxyl groups excluding tert-OH is 1. The van der Waals surface area contributed by atoms with Gasteiger partial charge >= 0.3 is 0 Å². The zero-order chi connectivity index (χ0) is 13.3. The molecule has 0 bridgehead atoms. The molecule has 1 fully saturated rings. The van der Waals surface area contributed by atoms with Gasteiger partial charge < -0.3 is 14.6 Å². The Balaban J connectivity index is 2.26. The first-order chi connectivity index (χ1) is 8.52. The van der Waals surface area contributed by atoms with E-state index in [1.54, 1.807) is 4.57 Å². The van der Waals surface area contributed by atoms with Gasteiger partial charge in [0, 0.05) is 25.7 Å². The maximum atomic E-state index is 12.2. The predicted octanol–water partition coefficient (Wildman–Crippen LogP) is 0.623. The van der Waals surface area contributed by atoms with E-state index < -0.39 is 11.0 Å². The summed E-state index contributed by atoms with van der Waals surface area (Å²) in [6.45, 7) is 3.09. The Morgan fingerprint density at radius 3 is 2.89 bits per heavy atom. The van der Waals surface area contributed by atoms with E-state index in [0.29, 0.717) is 31.7 Å². The Hall–Kier alpha value is -1.89. The number of aryl methyl sites for hydroxylation is 1. The lowest BCUT2D eigenvalue weighted by Crippen LogP contribution is -2.31. The summed E-state index contributed by atoms with van der Waals surface area (Å²) in [6.07, 6.45) is 1.43. The molecule has 1 aromatic rings. The first-order valence-electron chi connectivity index (χ1n) is 5.84. The summed E-state index contributed by atoms with van der Waals surface area (Å²) in [5.41, 5.74) is 0.221. The molecule has 7 nitrogen and oxygen atoms in total. The molecule has 0 spiro atoms. The van der Waals surface area contributed by atoms with Crippen molar-refractivity contribution in [1.82, 2.24) is 9.47 Å². The normalized spacial score (nSPS) is 19.2. The van der Waals surface area contributed by atoms with E-state index in [1.807, 2.05) is 6.92 Å². The van der Waals surface area contributed by atoms with Crippen LogP contribution in [0.1, 0.15) is 23.8 Å². The highest BCUT2D eigenvalue weighted by molar-refractivity contribution is 5.93. The number of nitro groups is 1. The maximum absolute atomic E-state index is 12.2. The number of amides is 1. The van der Waals surface area contributed by atoms with Gasteiger partial charge in [-0.05, 0) is 13.3 Å². The number of β-amino-alcohol motifs (C(OH)–C–C–N with tert-alkyl or cyclic N) is 1. The smallest absolute Gasteiger partial charge is 0.287 e. The molecule has 0 radical (unpaired) electrons. The number of aliphatic hydroxyl groups is 1. The van der Waals surface area contributed by atoms with Crippen LogP contribution in [0.2, 0.25) is 0 Å². The van der Waals surface area contributed by atoms with E-state index in [-0.39, 0.29) is 11.6 Å². The number of nitrogens with zero attached hydrogens (tertiary/aromatic N) is 3. The molecule has 0 saturated carbocycles. The van der Waals surface area contributed by atoms with E-state index in [4.69, 9.17) is 0 Å². The molecule has 0 aliphatic carbocycles. The van der Waals surface area contributed by atoms with Crippen LogP contribution in [0.4, 0.5) is 5.69 Å². The summed E-state index contributed by atoms with van der Waals surface area (Å²) in [7, 11) is 0. The fourth-order valence-corrected chi connectivity index (χ4v) is 2.12. The van der Waals surface area contributed by atoms with Gasteiger partial charge in [0.05, 0.1) is 17.2 Å². The third kappa shape index (κ3) is 2.21. The third-order valence-electron chi connectivity index (χ3n) is 3.10. The summed E-state index contributed by atoms with van der Waals surface area (Å²) in [4.78, 5) is 23.9. The maximum Gasteiger partial charge on any atom is 0.287 e. The highest BCUT2D eigenvalue weighted by Crippen LogP contribution is 2.20. The number of aromatic nitrogens is 1. The molecule has 2 rings (SSSR count). The largest absolute Gasteiger partial charge is 0.391 e. The number of hydrogen-bond acceptors (Lipinski definition) is 4. The molecule has 0 aromatic carbocycles. The predicted molar refractivity (Wildman–Crippen MR) is 63.3 cm³/mol. The number of rotatable bonds is 3. The zero-order valence-corrected chi connectivity index (χ0v) is 10.1. The van der Waals surface area contributed by atoms with E-state index >= 15 is 0 Å². The SMILES string of the molecule is CCn1cc([N+](=O)[O-])cc1C(=O)N1CCC(O)C1. The molecule has 98 valence electrons. The Kier molecular flexibility index (Phi) is 3.33. The van der Waals surface area contributed by atoms with E-state index in [1.165, 1.54) is 17.2 Å². The minimum absolute atomic E-state index is 0.0834. The molecule has 1 aromatic heterocycles. The second kappa shape index (κ2) is 4.77. The number of likely N-dealkylation sites (tertiary alicyclic amines) is 1. The molecule has 1 aliphatic rings. The van der Waals surface area contributed by atoms with Crippen molar-refractivity contribution in [3.63, 3.8) is 0 Å². The second-order valence-corrected chi connectivity index (χ2v) is 4.32. The average molecular weight is 253 g/mol. The number of carbonyl (C=O) groups excluding carboxylic acids is 1. The molecular weight excluding hydrogens is 238 g/mol. The minimum atomic E-state index is -0.512. The van der Waals surface area contributed by atoms with Crippen LogP contribution in [0.3, 0.4) is 0 Å². The van der Waals surface area contributed by atoms with Crippen LogP contribution < -0.4 is 0 Å². The average Bonchev–Trinajstić information content (AvgIpc) is 2.93. The van der Waals surface area contributed by atoms with Crippen molar-refractivity contribution in [2.45, 2.75) is 26.0 Å². The van der Waals surface area contributed by atoms with Gasteiger partial charge in [-0.25, -0.2) is 0 Å². The van der Waals surface area contributed by atoms with Gasteiger partial charge in [0.25, 0.3) is 11.6 Å². The van der Waals surface area contributed by atoms with Crippen molar-refractivity contribution in [2.75, 3.05) is 13.1 Å². The Labute approximate surface area is 104 Å². The van der Waals surface area contributed by atoms with Gasteiger partial charge in [0.2, 0.25) is 0 Å². The van der Waals surface area contributed by atoms with Crippen LogP contribution in [0.5, 0.6) is 0 Å². The van der Waals surface area contributed by atoms with Crippen molar-refractivity contribution in [2.24, 2.45) is 0 Å². The van der Waals surface area contributed by atoms with Crippen molar-refractivity contribution in [3.8, 4) is 0 Å². The molecular formula is C11H15N3O4. The minimum Gasteiger partial charge on any atom is -0.391 e. The quantitative estimate of drug-likeness (QED) is 0.631. The molecule has 1 N–H and O–H groups in total. The Morgan fingerprint density at radius 1 is 1.67 bits per heavy atom. The van der Waals surface area contributed by atoms with Gasteiger partial charge in [0.15, 0.2) is 0 Å². The summed E-state index contributed by atoms with van der Waals surface area (Å²) in [6, 6.07) is 1.29. The second-order valence-electron chi connectivity index (χ2n) is 4.32. The molecule has 7 heteroatoms. The molecule has 18 heavy (non-hydrogen) atoms. The topological polar surface area (TPSA) is 88.6 Å². The van der Waals surface area contributed by atoms with Crippen LogP contribution in [-0.2, 0) is 6.54 Å². The lowest BCUT2D eigenvalue weighted by molar-refractivity contribution is -0.384. The molecule has 1 saturated heterocycles. The van der Waals surface area contributed by atoms with Crippen molar-refractivity contribution >= 4 is 11.6 Å².